The van der Waals surface area contributed by atoms with Gasteiger partial charge in [0.1, 0.15) is 0 Å². The van der Waals surface area contributed by atoms with Gasteiger partial charge in [-0.05, 0) is 39.0 Å². The predicted molar refractivity (Wildman–Crippen MR) is 57.8 cm³/mol. The van der Waals surface area contributed by atoms with Crippen molar-refractivity contribution >= 4 is 5.96 Å². The molecule has 2 heterocycles. The van der Waals surface area contributed by atoms with Gasteiger partial charge in [-0.15, -0.1) is 0 Å². The van der Waals surface area contributed by atoms with Crippen LogP contribution >= 0.6 is 0 Å². The minimum absolute atomic E-state index is 0.690. The number of hydrazine groups is 1. The zero-order valence-electron chi connectivity index (χ0n) is 8.87. The molecular formula is C10H20N4. The van der Waals surface area contributed by atoms with E-state index in [1.807, 2.05) is 6.92 Å². The average molecular weight is 196 g/mol. The van der Waals surface area contributed by atoms with Crippen LogP contribution in [0, 0.1) is 0 Å². The van der Waals surface area contributed by atoms with Gasteiger partial charge in [0.25, 0.3) is 0 Å². The van der Waals surface area contributed by atoms with Crippen LogP contribution in [0.2, 0.25) is 0 Å². The van der Waals surface area contributed by atoms with E-state index in [1.54, 1.807) is 0 Å². The number of fused-ring (bicyclic) bond motifs is 2. The molecule has 3 N–H and O–H groups in total. The van der Waals surface area contributed by atoms with Gasteiger partial charge in [0.2, 0.25) is 5.96 Å². The van der Waals surface area contributed by atoms with Crippen LogP contribution < -0.4 is 11.3 Å². The summed E-state index contributed by atoms with van der Waals surface area (Å²) in [6, 6.07) is 1.38. The molecule has 2 fully saturated rings. The van der Waals surface area contributed by atoms with Crippen LogP contribution in [0.4, 0.5) is 0 Å². The first-order valence-corrected chi connectivity index (χ1v) is 5.66. The topological polar surface area (TPSA) is 53.6 Å². The third-order valence-corrected chi connectivity index (χ3v) is 3.38. The summed E-state index contributed by atoms with van der Waals surface area (Å²) >= 11 is 0. The van der Waals surface area contributed by atoms with Crippen molar-refractivity contribution in [2.45, 2.75) is 51.1 Å². The van der Waals surface area contributed by atoms with Crippen LogP contribution in [0.25, 0.3) is 0 Å². The largest absolute Gasteiger partial charge is 0.336 e. The van der Waals surface area contributed by atoms with Crippen molar-refractivity contribution in [3.05, 3.63) is 0 Å². The molecule has 0 aromatic rings. The smallest absolute Gasteiger partial charge is 0.208 e. The molecule has 2 rings (SSSR count). The van der Waals surface area contributed by atoms with Crippen molar-refractivity contribution in [1.82, 2.24) is 10.3 Å². The van der Waals surface area contributed by atoms with Gasteiger partial charge in [-0.3, -0.25) is 10.4 Å². The maximum atomic E-state index is 5.52. The molecule has 0 amide bonds. The Morgan fingerprint density at radius 1 is 1.36 bits per heavy atom. The minimum Gasteiger partial charge on any atom is -0.336 e. The van der Waals surface area contributed by atoms with Gasteiger partial charge in [-0.25, -0.2) is 5.84 Å². The maximum absolute atomic E-state index is 5.52. The van der Waals surface area contributed by atoms with Gasteiger partial charge in [0.05, 0.1) is 0 Å². The number of nitrogens with zero attached hydrogens (tertiary/aromatic N) is 2. The Balaban J connectivity index is 2.12. The van der Waals surface area contributed by atoms with Crippen molar-refractivity contribution in [3.63, 3.8) is 0 Å². The lowest BCUT2D eigenvalue weighted by atomic mass is 10.0. The van der Waals surface area contributed by atoms with Gasteiger partial charge in [0, 0.05) is 18.6 Å². The molecule has 2 unspecified atom stereocenters. The second kappa shape index (κ2) is 4.17. The number of hydrogen-bond acceptors (Lipinski definition) is 2. The van der Waals surface area contributed by atoms with E-state index in [4.69, 9.17) is 5.84 Å². The summed E-state index contributed by atoms with van der Waals surface area (Å²) in [6.45, 7) is 2.85. The molecule has 2 saturated heterocycles. The molecule has 2 atom stereocenters. The van der Waals surface area contributed by atoms with Crippen LogP contribution in [0.15, 0.2) is 4.99 Å². The SMILES string of the molecule is CCN=C(NN)N1C2CCCC1CC2. The van der Waals surface area contributed by atoms with Crippen LogP contribution in [0.1, 0.15) is 39.0 Å². The number of rotatable bonds is 1. The van der Waals surface area contributed by atoms with E-state index in [9.17, 15) is 0 Å². The summed E-state index contributed by atoms with van der Waals surface area (Å²) in [7, 11) is 0. The molecule has 0 aliphatic carbocycles. The first kappa shape index (κ1) is 9.77. The summed E-state index contributed by atoms with van der Waals surface area (Å²) in [6.07, 6.45) is 6.61. The van der Waals surface area contributed by atoms with Crippen LogP contribution in [-0.4, -0.2) is 29.5 Å². The number of hydrogen-bond donors (Lipinski definition) is 2. The molecule has 0 aromatic heterocycles. The normalized spacial score (nSPS) is 32.1. The van der Waals surface area contributed by atoms with Gasteiger partial charge >= 0.3 is 0 Å². The monoisotopic (exact) mass is 196 g/mol. The van der Waals surface area contributed by atoms with Crippen molar-refractivity contribution in [3.8, 4) is 0 Å². The number of nitrogens with one attached hydrogen (secondary N) is 1. The summed E-state index contributed by atoms with van der Waals surface area (Å²) in [5.41, 5.74) is 2.75. The van der Waals surface area contributed by atoms with Crippen molar-refractivity contribution < 1.29 is 0 Å². The molecule has 14 heavy (non-hydrogen) atoms. The molecule has 0 aromatic carbocycles. The van der Waals surface area contributed by atoms with Gasteiger partial charge in [-0.1, -0.05) is 0 Å². The Hall–Kier alpha value is -0.770. The van der Waals surface area contributed by atoms with Crippen LogP contribution in [0.3, 0.4) is 0 Å². The van der Waals surface area contributed by atoms with E-state index >= 15 is 0 Å². The Morgan fingerprint density at radius 2 is 2.00 bits per heavy atom. The van der Waals surface area contributed by atoms with Gasteiger partial charge in [-0.2, -0.15) is 0 Å². The number of guanidine groups is 1. The van der Waals surface area contributed by atoms with E-state index in [2.05, 4.69) is 15.3 Å². The standard InChI is InChI=1S/C10H20N4/c1-2-12-10(13-11)14-8-4-3-5-9(14)7-6-8/h8-9H,2-7,11H2,1H3,(H,12,13). The molecular weight excluding hydrogens is 176 g/mol. The molecule has 4 heteroatoms. The van der Waals surface area contributed by atoms with Crippen LogP contribution in [-0.2, 0) is 0 Å². The second-order valence-corrected chi connectivity index (χ2v) is 4.17. The molecule has 4 nitrogen and oxygen atoms in total. The van der Waals surface area contributed by atoms with E-state index in [-0.39, 0.29) is 0 Å². The minimum atomic E-state index is 0.690. The first-order valence-electron chi connectivity index (χ1n) is 5.66. The molecule has 80 valence electrons. The number of piperidine rings is 1. The molecule has 0 saturated carbocycles. The van der Waals surface area contributed by atoms with E-state index in [0.29, 0.717) is 12.1 Å². The molecule has 2 bridgehead atoms. The van der Waals surface area contributed by atoms with Crippen LogP contribution in [0.5, 0.6) is 0 Å². The van der Waals surface area contributed by atoms with Crippen molar-refractivity contribution in [2.75, 3.05) is 6.54 Å². The lowest BCUT2D eigenvalue weighted by Gasteiger charge is -2.36. The Kier molecular flexibility index (Phi) is 2.91. The lowest BCUT2D eigenvalue weighted by molar-refractivity contribution is 0.228. The highest BCUT2D eigenvalue weighted by atomic mass is 15.4. The quantitative estimate of drug-likeness (QED) is 0.283. The Bertz CT molecular complexity index is 210. The number of nitrogens with two attached hydrogens (primary N) is 1. The highest BCUT2D eigenvalue weighted by Crippen LogP contribution is 2.35. The predicted octanol–water partition coefficient (Wildman–Crippen LogP) is 0.843. The third kappa shape index (κ3) is 1.59. The summed E-state index contributed by atoms with van der Waals surface area (Å²) in [5.74, 6) is 6.42. The fourth-order valence-corrected chi connectivity index (χ4v) is 2.81. The average Bonchev–Trinajstić information content (AvgIpc) is 2.47. The number of aliphatic imine (C=N–C) groups is 1. The fourth-order valence-electron chi connectivity index (χ4n) is 2.81. The van der Waals surface area contributed by atoms with E-state index in [0.717, 1.165) is 12.5 Å². The maximum Gasteiger partial charge on any atom is 0.208 e. The first-order chi connectivity index (χ1) is 6.86. The summed E-state index contributed by atoms with van der Waals surface area (Å²) < 4.78 is 0. The zero-order chi connectivity index (χ0) is 9.97. The zero-order valence-corrected chi connectivity index (χ0v) is 8.87. The Labute approximate surface area is 85.5 Å². The van der Waals surface area contributed by atoms with E-state index in [1.165, 1.54) is 32.1 Å². The lowest BCUT2D eigenvalue weighted by Crippen LogP contribution is -2.52. The molecule has 2 aliphatic heterocycles. The Morgan fingerprint density at radius 3 is 2.50 bits per heavy atom. The molecule has 2 aliphatic rings. The van der Waals surface area contributed by atoms with Gasteiger partial charge in [0.15, 0.2) is 0 Å². The van der Waals surface area contributed by atoms with E-state index < -0.39 is 0 Å². The summed E-state index contributed by atoms with van der Waals surface area (Å²) in [4.78, 5) is 6.82. The highest BCUT2D eigenvalue weighted by Gasteiger charge is 2.38. The van der Waals surface area contributed by atoms with Crippen molar-refractivity contribution in [2.24, 2.45) is 10.8 Å². The molecule has 0 spiro atoms. The third-order valence-electron chi connectivity index (χ3n) is 3.38. The molecule has 0 radical (unpaired) electrons. The summed E-state index contributed by atoms with van der Waals surface area (Å²) in [5, 5.41) is 0. The van der Waals surface area contributed by atoms with Crippen molar-refractivity contribution in [1.29, 1.82) is 0 Å². The van der Waals surface area contributed by atoms with Gasteiger partial charge < -0.3 is 4.90 Å². The highest BCUT2D eigenvalue weighted by molar-refractivity contribution is 5.80. The second-order valence-electron chi connectivity index (χ2n) is 4.17. The fraction of sp³-hybridized carbons (Fsp3) is 0.900.